The zero-order valence-corrected chi connectivity index (χ0v) is 12.7. The molecule has 1 fully saturated rings. The van der Waals surface area contributed by atoms with Crippen LogP contribution in [0.2, 0.25) is 0 Å². The van der Waals surface area contributed by atoms with Gasteiger partial charge in [-0.1, -0.05) is 32.0 Å². The van der Waals surface area contributed by atoms with E-state index in [1.54, 1.807) is 0 Å². The van der Waals surface area contributed by atoms with E-state index >= 15 is 0 Å². The third-order valence-corrected chi connectivity index (χ3v) is 4.67. The maximum absolute atomic E-state index is 10.7. The summed E-state index contributed by atoms with van der Waals surface area (Å²) in [6.07, 6.45) is 4.34. The van der Waals surface area contributed by atoms with Crippen molar-refractivity contribution in [3.63, 3.8) is 0 Å². The second-order valence-corrected chi connectivity index (χ2v) is 6.97. The Labute approximate surface area is 122 Å². The topological polar surface area (TPSA) is 88.2 Å². The lowest BCUT2D eigenvalue weighted by Gasteiger charge is -2.36. The van der Waals surface area contributed by atoms with Gasteiger partial charge in [-0.3, -0.25) is 4.79 Å². The van der Waals surface area contributed by atoms with Crippen LogP contribution in [0, 0.1) is 5.41 Å². The molecule has 0 radical (unpaired) electrons. The highest BCUT2D eigenvalue weighted by Crippen LogP contribution is 2.42. The number of aliphatic hydroxyl groups excluding tert-OH is 1. The molecule has 1 aromatic rings. The third kappa shape index (κ3) is 3.52. The molecule has 6 nitrogen and oxygen atoms in total. The first-order valence-electron chi connectivity index (χ1n) is 6.82. The lowest BCUT2D eigenvalue weighted by Crippen LogP contribution is -2.26. The van der Waals surface area contributed by atoms with Gasteiger partial charge in [0.2, 0.25) is 0 Å². The van der Waals surface area contributed by atoms with Crippen molar-refractivity contribution in [3.8, 4) is 0 Å². The minimum Gasteiger partial charge on any atom is -0.481 e. The fourth-order valence-electron chi connectivity index (χ4n) is 2.89. The summed E-state index contributed by atoms with van der Waals surface area (Å²) in [5.41, 5.74) is 0.259. The number of hydrogen-bond acceptors (Lipinski definition) is 5. The molecule has 7 heteroatoms. The summed E-state index contributed by atoms with van der Waals surface area (Å²) in [5.74, 6) is -0.390. The first-order valence-corrected chi connectivity index (χ1v) is 7.81. The van der Waals surface area contributed by atoms with Crippen LogP contribution in [0.1, 0.15) is 51.4 Å². The second-order valence-electron chi connectivity index (χ2n) is 6.02. The SMILES string of the molecule is CC1(C)CCCC(n2c(CO)nnc2SCC(=O)O)C1. The molecule has 0 amide bonds. The van der Waals surface area contributed by atoms with E-state index in [1.165, 1.54) is 6.42 Å². The number of nitrogens with zero attached hydrogens (tertiary/aromatic N) is 3. The summed E-state index contributed by atoms with van der Waals surface area (Å²) in [4.78, 5) is 10.7. The smallest absolute Gasteiger partial charge is 0.313 e. The number of rotatable bonds is 5. The van der Waals surface area contributed by atoms with Crippen molar-refractivity contribution in [2.24, 2.45) is 5.41 Å². The Morgan fingerprint density at radius 2 is 2.25 bits per heavy atom. The Hall–Kier alpha value is -1.08. The largest absolute Gasteiger partial charge is 0.481 e. The Morgan fingerprint density at radius 1 is 1.50 bits per heavy atom. The summed E-state index contributed by atoms with van der Waals surface area (Å²) >= 11 is 1.16. The Balaban J connectivity index is 2.23. The molecular formula is C13H21N3O3S. The van der Waals surface area contributed by atoms with Crippen molar-refractivity contribution in [2.75, 3.05) is 5.75 Å². The molecule has 0 aliphatic heterocycles. The van der Waals surface area contributed by atoms with E-state index in [1.807, 2.05) is 4.57 Å². The third-order valence-electron chi connectivity index (χ3n) is 3.75. The highest BCUT2D eigenvalue weighted by atomic mass is 32.2. The summed E-state index contributed by atoms with van der Waals surface area (Å²) in [7, 11) is 0. The van der Waals surface area contributed by atoms with Crippen LogP contribution in [0.3, 0.4) is 0 Å². The van der Waals surface area contributed by atoms with Crippen LogP contribution in [-0.2, 0) is 11.4 Å². The fraction of sp³-hybridized carbons (Fsp3) is 0.769. The highest BCUT2D eigenvalue weighted by Gasteiger charge is 2.31. The number of carboxylic acid groups (broad SMARTS) is 1. The van der Waals surface area contributed by atoms with Crippen LogP contribution in [0.25, 0.3) is 0 Å². The Morgan fingerprint density at radius 3 is 2.85 bits per heavy atom. The Bertz CT molecular complexity index is 487. The molecule has 1 aliphatic carbocycles. The van der Waals surface area contributed by atoms with Gasteiger partial charge in [-0.05, 0) is 24.7 Å². The van der Waals surface area contributed by atoms with Crippen LogP contribution >= 0.6 is 11.8 Å². The highest BCUT2D eigenvalue weighted by molar-refractivity contribution is 7.99. The molecule has 1 aliphatic rings. The van der Waals surface area contributed by atoms with E-state index in [0.717, 1.165) is 31.0 Å². The molecule has 1 unspecified atom stereocenters. The van der Waals surface area contributed by atoms with Crippen molar-refractivity contribution in [1.82, 2.24) is 14.8 Å². The van der Waals surface area contributed by atoms with Crippen molar-refractivity contribution in [3.05, 3.63) is 5.82 Å². The number of aromatic nitrogens is 3. The van der Waals surface area contributed by atoms with Crippen molar-refractivity contribution in [2.45, 2.75) is 57.3 Å². The maximum Gasteiger partial charge on any atom is 0.313 e. The second kappa shape index (κ2) is 6.13. The molecular weight excluding hydrogens is 278 g/mol. The van der Waals surface area contributed by atoms with Gasteiger partial charge < -0.3 is 14.8 Å². The molecule has 112 valence electrons. The minimum atomic E-state index is -0.876. The molecule has 20 heavy (non-hydrogen) atoms. The number of thioether (sulfide) groups is 1. The summed E-state index contributed by atoms with van der Waals surface area (Å²) in [6.45, 7) is 4.32. The lowest BCUT2D eigenvalue weighted by atomic mass is 9.75. The summed E-state index contributed by atoms with van der Waals surface area (Å²) < 4.78 is 1.94. The van der Waals surface area contributed by atoms with Gasteiger partial charge in [0, 0.05) is 6.04 Å². The molecule has 1 aromatic heterocycles. The number of aliphatic hydroxyl groups is 1. The van der Waals surface area contributed by atoms with E-state index in [2.05, 4.69) is 24.0 Å². The van der Waals surface area contributed by atoms with Gasteiger partial charge in [0.05, 0.1) is 5.75 Å². The molecule has 2 N–H and O–H groups in total. The zero-order valence-electron chi connectivity index (χ0n) is 11.9. The number of carboxylic acids is 1. The normalized spacial score (nSPS) is 21.9. The van der Waals surface area contributed by atoms with Gasteiger partial charge in [-0.15, -0.1) is 10.2 Å². The molecule has 0 spiro atoms. The van der Waals surface area contributed by atoms with Crippen molar-refractivity contribution < 1.29 is 15.0 Å². The van der Waals surface area contributed by atoms with E-state index in [-0.39, 0.29) is 23.8 Å². The van der Waals surface area contributed by atoms with Crippen LogP contribution in [0.15, 0.2) is 5.16 Å². The number of hydrogen-bond donors (Lipinski definition) is 2. The first kappa shape index (κ1) is 15.3. The van der Waals surface area contributed by atoms with Crippen LogP contribution in [0.5, 0.6) is 0 Å². The van der Waals surface area contributed by atoms with Crippen LogP contribution in [-0.4, -0.2) is 36.7 Å². The molecule has 2 rings (SSSR count). The van der Waals surface area contributed by atoms with E-state index < -0.39 is 5.97 Å². The van der Waals surface area contributed by atoms with E-state index in [9.17, 15) is 9.90 Å². The fourth-order valence-corrected chi connectivity index (χ4v) is 3.63. The number of aliphatic carboxylic acids is 1. The van der Waals surface area contributed by atoms with Crippen molar-refractivity contribution in [1.29, 1.82) is 0 Å². The quantitative estimate of drug-likeness (QED) is 0.809. The summed E-state index contributed by atoms with van der Waals surface area (Å²) in [5, 5.41) is 26.8. The zero-order chi connectivity index (χ0) is 14.8. The van der Waals surface area contributed by atoms with Gasteiger partial charge in [0.15, 0.2) is 11.0 Å². The molecule has 0 bridgehead atoms. The number of carbonyl (C=O) groups is 1. The summed E-state index contributed by atoms with van der Waals surface area (Å²) in [6, 6.07) is 0.243. The van der Waals surface area contributed by atoms with Crippen LogP contribution < -0.4 is 0 Å². The monoisotopic (exact) mass is 299 g/mol. The lowest BCUT2D eigenvalue weighted by molar-refractivity contribution is -0.133. The van der Waals surface area contributed by atoms with Gasteiger partial charge in [-0.25, -0.2) is 0 Å². The van der Waals surface area contributed by atoms with E-state index in [0.29, 0.717) is 11.0 Å². The van der Waals surface area contributed by atoms with E-state index in [4.69, 9.17) is 5.11 Å². The van der Waals surface area contributed by atoms with Gasteiger partial charge in [0.1, 0.15) is 6.61 Å². The standard InChI is InChI=1S/C13H21N3O3S/c1-13(2)5-3-4-9(6-13)16-10(7-17)14-15-12(16)20-8-11(18)19/h9,17H,3-8H2,1-2H3,(H,18,19). The van der Waals surface area contributed by atoms with Crippen LogP contribution in [0.4, 0.5) is 0 Å². The maximum atomic E-state index is 10.7. The van der Waals surface area contributed by atoms with Gasteiger partial charge in [-0.2, -0.15) is 0 Å². The van der Waals surface area contributed by atoms with Gasteiger partial charge >= 0.3 is 5.97 Å². The average molecular weight is 299 g/mol. The molecule has 1 saturated carbocycles. The van der Waals surface area contributed by atoms with Crippen molar-refractivity contribution >= 4 is 17.7 Å². The minimum absolute atomic E-state index is 0.0420. The molecule has 1 atom stereocenters. The predicted octanol–water partition coefficient (Wildman–Crippen LogP) is 2.09. The predicted molar refractivity (Wildman–Crippen MR) is 75.6 cm³/mol. The average Bonchev–Trinajstić information content (AvgIpc) is 2.78. The Kier molecular flexibility index (Phi) is 4.70. The molecule has 0 aromatic carbocycles. The first-order chi connectivity index (χ1) is 9.43. The molecule has 0 saturated heterocycles. The van der Waals surface area contributed by atoms with Gasteiger partial charge in [0.25, 0.3) is 0 Å². The molecule has 1 heterocycles.